The summed E-state index contributed by atoms with van der Waals surface area (Å²) in [6.07, 6.45) is 0. The van der Waals surface area contributed by atoms with Gasteiger partial charge in [0.25, 0.3) is 0 Å². The van der Waals surface area contributed by atoms with Crippen LogP contribution in [0.3, 0.4) is 0 Å². The van der Waals surface area contributed by atoms with E-state index in [1.54, 1.807) is 12.3 Å². The van der Waals surface area contributed by atoms with Crippen LogP contribution < -0.4 is 11.2 Å². The van der Waals surface area contributed by atoms with Crippen molar-refractivity contribution in [3.63, 3.8) is 0 Å². The van der Waals surface area contributed by atoms with Crippen LogP contribution in [-0.4, -0.2) is 31.0 Å². The van der Waals surface area contributed by atoms with Crippen molar-refractivity contribution >= 4 is 34.1 Å². The van der Waals surface area contributed by atoms with Gasteiger partial charge in [0.1, 0.15) is 0 Å². The molecule has 11 heteroatoms. The van der Waals surface area contributed by atoms with Gasteiger partial charge in [0, 0.05) is 16.5 Å². The third-order valence-electron chi connectivity index (χ3n) is 4.58. The third kappa shape index (κ3) is 4.63. The summed E-state index contributed by atoms with van der Waals surface area (Å²) in [6.45, 7) is 3.70. The fourth-order valence-corrected chi connectivity index (χ4v) is 4.29. The second kappa shape index (κ2) is 9.05. The molecule has 0 radical (unpaired) electrons. The average Bonchev–Trinajstić information content (AvgIpc) is 3.38. The predicted octanol–water partition coefficient (Wildman–Crippen LogP) is 4.49. The van der Waals surface area contributed by atoms with Crippen molar-refractivity contribution in [2.45, 2.75) is 24.3 Å². The minimum absolute atomic E-state index is 0.305. The van der Waals surface area contributed by atoms with E-state index in [9.17, 15) is 13.6 Å². The summed E-state index contributed by atoms with van der Waals surface area (Å²) < 4.78 is 27.9. The summed E-state index contributed by atoms with van der Waals surface area (Å²) in [6, 6.07) is 11.2. The molecule has 4 rings (SSSR count). The topological polar surface area (TPSA) is 98.7 Å². The molecule has 4 aromatic rings. The van der Waals surface area contributed by atoms with Crippen LogP contribution in [0.15, 0.2) is 53.0 Å². The smallest absolute Gasteiger partial charge is 0.239 e. The van der Waals surface area contributed by atoms with Crippen molar-refractivity contribution in [3.05, 3.63) is 65.0 Å². The first-order chi connectivity index (χ1) is 15.3. The van der Waals surface area contributed by atoms with Gasteiger partial charge in [-0.05, 0) is 32.0 Å². The fraction of sp³-hybridized carbons (Fsp3) is 0.143. The number of carbonyl (C=O) groups is 1. The molecule has 2 heterocycles. The fourth-order valence-electron chi connectivity index (χ4n) is 2.79. The number of thiazole rings is 1. The van der Waals surface area contributed by atoms with Gasteiger partial charge >= 0.3 is 0 Å². The van der Waals surface area contributed by atoms with Crippen molar-refractivity contribution in [2.75, 3.05) is 11.2 Å². The molecular formula is C21H18F2N6OS2. The van der Waals surface area contributed by atoms with Gasteiger partial charge in [0.15, 0.2) is 22.6 Å². The number of benzene rings is 2. The van der Waals surface area contributed by atoms with Crippen LogP contribution in [0.5, 0.6) is 0 Å². The molecule has 1 amide bonds. The molecule has 0 bridgehead atoms. The molecule has 1 atom stereocenters. The zero-order chi connectivity index (χ0) is 22.8. The normalized spacial score (nSPS) is 12.0. The Morgan fingerprint density at radius 2 is 1.84 bits per heavy atom. The maximum atomic E-state index is 13.5. The number of nitrogens with two attached hydrogens (primary N) is 1. The number of carbonyl (C=O) groups excluding carboxylic acids is 1. The number of aromatic nitrogens is 4. The maximum Gasteiger partial charge on any atom is 0.239 e. The molecule has 164 valence electrons. The molecule has 0 aliphatic carbocycles. The highest BCUT2D eigenvalue weighted by molar-refractivity contribution is 8.00. The third-order valence-corrected chi connectivity index (χ3v) is 6.39. The molecule has 0 aliphatic heterocycles. The summed E-state index contributed by atoms with van der Waals surface area (Å²) in [7, 11) is 0. The van der Waals surface area contributed by atoms with Gasteiger partial charge in [0.05, 0.1) is 10.9 Å². The van der Waals surface area contributed by atoms with E-state index in [1.165, 1.54) is 22.1 Å². The number of hydrogen-bond acceptors (Lipinski definition) is 7. The number of nitrogen functional groups attached to an aromatic ring is 1. The van der Waals surface area contributed by atoms with Gasteiger partial charge in [-0.1, -0.05) is 41.6 Å². The van der Waals surface area contributed by atoms with Crippen LogP contribution in [0.4, 0.5) is 13.9 Å². The molecule has 0 fully saturated rings. The molecule has 3 N–H and O–H groups in total. The van der Waals surface area contributed by atoms with Gasteiger partial charge in [-0.15, -0.1) is 21.5 Å². The standard InChI is InChI=1S/C21H18F2N6OS2/c1-11-3-5-13(6-4-11)18-27-28-21(29(18)24)32-12(2)19(30)26-20-25-17(10-31-20)14-7-8-15(22)16(23)9-14/h3-10,12H,24H2,1-2H3,(H,25,26,30). The van der Waals surface area contributed by atoms with Crippen LogP contribution in [0.1, 0.15) is 12.5 Å². The summed E-state index contributed by atoms with van der Waals surface area (Å²) in [4.78, 5) is 16.9. The largest absolute Gasteiger partial charge is 0.335 e. The van der Waals surface area contributed by atoms with Gasteiger partial charge in [0.2, 0.25) is 11.1 Å². The van der Waals surface area contributed by atoms with Crippen molar-refractivity contribution < 1.29 is 13.6 Å². The van der Waals surface area contributed by atoms with Gasteiger partial charge in [-0.3, -0.25) is 4.79 Å². The average molecular weight is 473 g/mol. The molecule has 7 nitrogen and oxygen atoms in total. The number of nitrogens with zero attached hydrogens (tertiary/aromatic N) is 4. The molecule has 0 spiro atoms. The lowest BCUT2D eigenvalue weighted by Gasteiger charge is -2.10. The molecular weight excluding hydrogens is 454 g/mol. The Balaban J connectivity index is 1.42. The van der Waals surface area contributed by atoms with E-state index in [2.05, 4.69) is 20.5 Å². The number of aryl methyl sites for hydroxylation is 1. The van der Waals surface area contributed by atoms with Crippen molar-refractivity contribution in [1.29, 1.82) is 0 Å². The van der Waals surface area contributed by atoms with E-state index in [1.807, 2.05) is 31.2 Å². The summed E-state index contributed by atoms with van der Waals surface area (Å²) in [5.74, 6) is 4.44. The first kappa shape index (κ1) is 21.9. The van der Waals surface area contributed by atoms with Crippen molar-refractivity contribution in [2.24, 2.45) is 0 Å². The second-order valence-corrected chi connectivity index (χ2v) is 9.12. The molecule has 32 heavy (non-hydrogen) atoms. The Morgan fingerprint density at radius 3 is 2.56 bits per heavy atom. The number of hydrogen-bond donors (Lipinski definition) is 2. The Hall–Kier alpha value is -3.31. The van der Waals surface area contributed by atoms with E-state index < -0.39 is 16.9 Å². The maximum absolute atomic E-state index is 13.5. The minimum Gasteiger partial charge on any atom is -0.335 e. The highest BCUT2D eigenvalue weighted by atomic mass is 32.2. The first-order valence-corrected chi connectivity index (χ1v) is 11.2. The Bertz CT molecular complexity index is 1270. The lowest BCUT2D eigenvalue weighted by Crippen LogP contribution is -2.23. The highest BCUT2D eigenvalue weighted by Crippen LogP contribution is 2.28. The van der Waals surface area contributed by atoms with Crippen LogP contribution >= 0.6 is 23.1 Å². The molecule has 0 saturated heterocycles. The summed E-state index contributed by atoms with van der Waals surface area (Å²) in [5.41, 5.74) is 2.80. The van der Waals surface area contributed by atoms with Gasteiger partial charge < -0.3 is 11.2 Å². The zero-order valence-corrected chi connectivity index (χ0v) is 18.7. The SMILES string of the molecule is Cc1ccc(-c2nnc(SC(C)C(=O)Nc3nc(-c4ccc(F)c(F)c4)cs3)n2N)cc1. The highest BCUT2D eigenvalue weighted by Gasteiger charge is 2.21. The lowest BCUT2D eigenvalue weighted by atomic mass is 10.1. The van der Waals surface area contributed by atoms with E-state index >= 15 is 0 Å². The Morgan fingerprint density at radius 1 is 1.12 bits per heavy atom. The predicted molar refractivity (Wildman–Crippen MR) is 122 cm³/mol. The van der Waals surface area contributed by atoms with Crippen molar-refractivity contribution in [1.82, 2.24) is 19.9 Å². The van der Waals surface area contributed by atoms with E-state index in [0.29, 0.717) is 27.4 Å². The number of halogens is 2. The summed E-state index contributed by atoms with van der Waals surface area (Å²) >= 11 is 2.35. The van der Waals surface area contributed by atoms with Crippen LogP contribution in [0.2, 0.25) is 0 Å². The quantitative estimate of drug-likeness (QED) is 0.317. The van der Waals surface area contributed by atoms with Gasteiger partial charge in [-0.25, -0.2) is 18.4 Å². The van der Waals surface area contributed by atoms with Crippen molar-refractivity contribution in [3.8, 4) is 22.6 Å². The second-order valence-electron chi connectivity index (χ2n) is 6.96. The first-order valence-electron chi connectivity index (χ1n) is 9.48. The Kier molecular flexibility index (Phi) is 6.19. The molecule has 1 unspecified atom stereocenters. The number of anilines is 1. The molecule has 2 aromatic heterocycles. The van der Waals surface area contributed by atoms with Gasteiger partial charge in [-0.2, -0.15) is 0 Å². The van der Waals surface area contributed by atoms with Crippen LogP contribution in [0.25, 0.3) is 22.6 Å². The summed E-state index contributed by atoms with van der Waals surface area (Å²) in [5, 5.41) is 12.8. The monoisotopic (exact) mass is 472 g/mol. The van der Waals surface area contributed by atoms with Crippen LogP contribution in [-0.2, 0) is 4.79 Å². The molecule has 0 aliphatic rings. The number of nitrogens with one attached hydrogen (secondary N) is 1. The number of thioether (sulfide) groups is 1. The number of rotatable bonds is 6. The Labute approximate surface area is 190 Å². The molecule has 2 aromatic carbocycles. The molecule has 0 saturated carbocycles. The van der Waals surface area contributed by atoms with E-state index in [-0.39, 0.29) is 5.91 Å². The van der Waals surface area contributed by atoms with Crippen LogP contribution in [0, 0.1) is 18.6 Å². The lowest BCUT2D eigenvalue weighted by molar-refractivity contribution is -0.115. The van der Waals surface area contributed by atoms with E-state index in [0.717, 1.165) is 35.0 Å². The minimum atomic E-state index is -0.956. The number of amides is 1. The van der Waals surface area contributed by atoms with E-state index in [4.69, 9.17) is 5.84 Å². The zero-order valence-electron chi connectivity index (χ0n) is 17.0.